The van der Waals surface area contributed by atoms with Crippen LogP contribution in [0.2, 0.25) is 0 Å². The monoisotopic (exact) mass is 492 g/mol. The molecule has 3 aromatic rings. The maximum atomic E-state index is 13.2. The van der Waals surface area contributed by atoms with Gasteiger partial charge in [-0.1, -0.05) is 18.2 Å². The summed E-state index contributed by atoms with van der Waals surface area (Å²) in [5.41, 5.74) is 1.88. The SMILES string of the molecule is COc1cccc(N2CCN(C(=O)C3CCC(Cn4c(=S)[nH]c5ccccc5c4=O)CC3)CC2)c1. The zero-order chi connectivity index (χ0) is 24.4. The smallest absolute Gasteiger partial charge is 0.262 e. The van der Waals surface area contributed by atoms with Gasteiger partial charge >= 0.3 is 0 Å². The minimum absolute atomic E-state index is 0.0311. The number of hydrogen-bond acceptors (Lipinski definition) is 5. The molecule has 1 aliphatic carbocycles. The fraction of sp³-hybridized carbons (Fsp3) is 0.444. The Morgan fingerprint density at radius 3 is 2.51 bits per heavy atom. The number of nitrogens with zero attached hydrogens (tertiary/aromatic N) is 3. The highest BCUT2D eigenvalue weighted by Gasteiger charge is 2.31. The van der Waals surface area contributed by atoms with Crippen LogP contribution in [-0.2, 0) is 11.3 Å². The zero-order valence-electron chi connectivity index (χ0n) is 20.1. The summed E-state index contributed by atoms with van der Waals surface area (Å²) in [6.45, 7) is 3.77. The summed E-state index contributed by atoms with van der Waals surface area (Å²) in [5.74, 6) is 1.58. The molecule has 0 radical (unpaired) electrons. The van der Waals surface area contributed by atoms with Gasteiger partial charge in [0.1, 0.15) is 5.75 Å². The van der Waals surface area contributed by atoms with Gasteiger partial charge in [-0.3, -0.25) is 14.2 Å². The number of amides is 1. The Morgan fingerprint density at radius 1 is 1.03 bits per heavy atom. The van der Waals surface area contributed by atoms with Crippen LogP contribution in [-0.4, -0.2) is 53.6 Å². The standard InChI is InChI=1S/C27H32N4O3S/c1-34-22-6-4-5-21(17-22)29-13-15-30(16-14-29)25(32)20-11-9-19(10-12-20)18-31-26(33)23-7-2-3-8-24(23)28-27(31)35/h2-8,17,19-20H,9-16,18H2,1H3,(H,28,35). The number of para-hydroxylation sites is 1. The van der Waals surface area contributed by atoms with Crippen molar-refractivity contribution in [2.24, 2.45) is 11.8 Å². The number of piperazine rings is 1. The van der Waals surface area contributed by atoms with Crippen LogP contribution >= 0.6 is 12.2 Å². The largest absolute Gasteiger partial charge is 0.497 e. The summed E-state index contributed by atoms with van der Waals surface area (Å²) in [6.07, 6.45) is 3.62. The van der Waals surface area contributed by atoms with Gasteiger partial charge in [-0.15, -0.1) is 0 Å². The number of anilines is 1. The highest BCUT2D eigenvalue weighted by Crippen LogP contribution is 2.31. The van der Waals surface area contributed by atoms with E-state index in [1.807, 2.05) is 47.4 Å². The number of nitrogens with one attached hydrogen (secondary N) is 1. The third-order valence-corrected chi connectivity index (χ3v) is 7.86. The lowest BCUT2D eigenvalue weighted by Crippen LogP contribution is -2.50. The number of fused-ring (bicyclic) bond motifs is 1. The van der Waals surface area contributed by atoms with Gasteiger partial charge in [0.25, 0.3) is 5.56 Å². The van der Waals surface area contributed by atoms with Gasteiger partial charge in [0.15, 0.2) is 4.77 Å². The van der Waals surface area contributed by atoms with Crippen molar-refractivity contribution < 1.29 is 9.53 Å². The molecule has 1 aromatic heterocycles. The molecule has 0 bridgehead atoms. The fourth-order valence-electron chi connectivity index (χ4n) is 5.47. The van der Waals surface area contributed by atoms with Gasteiger partial charge in [0, 0.05) is 50.4 Å². The Bertz CT molecular complexity index is 1320. The van der Waals surface area contributed by atoms with Crippen molar-refractivity contribution in [1.29, 1.82) is 0 Å². The highest BCUT2D eigenvalue weighted by atomic mass is 32.1. The lowest BCUT2D eigenvalue weighted by Gasteiger charge is -2.39. The third-order valence-electron chi connectivity index (χ3n) is 7.54. The molecule has 2 aliphatic rings. The predicted molar refractivity (Wildman–Crippen MR) is 141 cm³/mol. The van der Waals surface area contributed by atoms with E-state index in [0.717, 1.165) is 68.8 Å². The van der Waals surface area contributed by atoms with Crippen molar-refractivity contribution in [3.63, 3.8) is 0 Å². The molecule has 0 spiro atoms. The average Bonchev–Trinajstić information content (AvgIpc) is 2.91. The molecule has 0 unspecified atom stereocenters. The van der Waals surface area contributed by atoms with Crippen molar-refractivity contribution in [1.82, 2.24) is 14.5 Å². The molecule has 8 heteroatoms. The van der Waals surface area contributed by atoms with E-state index in [2.05, 4.69) is 16.0 Å². The maximum Gasteiger partial charge on any atom is 0.262 e. The summed E-state index contributed by atoms with van der Waals surface area (Å²) in [6, 6.07) is 15.6. The average molecular weight is 493 g/mol. The molecule has 184 valence electrons. The normalized spacial score (nSPS) is 20.7. The molecule has 35 heavy (non-hydrogen) atoms. The minimum Gasteiger partial charge on any atom is -0.497 e. The third kappa shape index (κ3) is 4.98. The first-order valence-electron chi connectivity index (χ1n) is 12.4. The molecule has 1 saturated carbocycles. The number of carbonyl (C=O) groups is 1. The molecule has 1 amide bonds. The molecule has 7 nitrogen and oxygen atoms in total. The van der Waals surface area contributed by atoms with Crippen LogP contribution in [0.4, 0.5) is 5.69 Å². The van der Waals surface area contributed by atoms with Crippen LogP contribution < -0.4 is 15.2 Å². The molecule has 1 saturated heterocycles. The van der Waals surface area contributed by atoms with Crippen LogP contribution in [0.3, 0.4) is 0 Å². The van der Waals surface area contributed by atoms with Crippen LogP contribution in [0.15, 0.2) is 53.3 Å². The number of carbonyl (C=O) groups excluding carboxylic acids is 1. The number of H-pyrrole nitrogens is 1. The number of aromatic nitrogens is 2. The topological polar surface area (TPSA) is 70.6 Å². The van der Waals surface area contributed by atoms with E-state index in [0.29, 0.717) is 22.6 Å². The second kappa shape index (κ2) is 10.2. The number of rotatable bonds is 5. The van der Waals surface area contributed by atoms with Crippen LogP contribution in [0.1, 0.15) is 25.7 Å². The molecule has 2 fully saturated rings. The predicted octanol–water partition coefficient (Wildman–Crippen LogP) is 4.22. The number of hydrogen-bond donors (Lipinski definition) is 1. The van der Waals surface area contributed by atoms with Crippen LogP contribution in [0.25, 0.3) is 10.9 Å². The Kier molecular flexibility index (Phi) is 6.90. The quantitative estimate of drug-likeness (QED) is 0.540. The summed E-state index contributed by atoms with van der Waals surface area (Å²) < 4.78 is 7.51. The van der Waals surface area contributed by atoms with Crippen molar-refractivity contribution in [2.45, 2.75) is 32.2 Å². The van der Waals surface area contributed by atoms with Gasteiger partial charge in [-0.25, -0.2) is 0 Å². The summed E-state index contributed by atoms with van der Waals surface area (Å²) >= 11 is 5.48. The molecule has 2 heterocycles. The van der Waals surface area contributed by atoms with E-state index in [-0.39, 0.29) is 17.4 Å². The van der Waals surface area contributed by atoms with Gasteiger partial charge < -0.3 is 19.5 Å². The van der Waals surface area contributed by atoms with E-state index < -0.39 is 0 Å². The number of benzene rings is 2. The Morgan fingerprint density at radius 2 is 1.77 bits per heavy atom. The van der Waals surface area contributed by atoms with Crippen LogP contribution in [0.5, 0.6) is 5.75 Å². The van der Waals surface area contributed by atoms with Crippen molar-refractivity contribution in [3.05, 3.63) is 63.7 Å². The molecule has 2 aromatic carbocycles. The maximum absolute atomic E-state index is 13.2. The second-order valence-electron chi connectivity index (χ2n) is 9.62. The summed E-state index contributed by atoms with van der Waals surface area (Å²) in [7, 11) is 1.68. The van der Waals surface area contributed by atoms with Gasteiger partial charge in [-0.2, -0.15) is 0 Å². The minimum atomic E-state index is -0.0311. The molecule has 0 atom stereocenters. The Hall–Kier alpha value is -3.13. The lowest BCUT2D eigenvalue weighted by molar-refractivity contribution is -0.137. The Labute approximate surface area is 210 Å². The van der Waals surface area contributed by atoms with Gasteiger partial charge in [0.2, 0.25) is 5.91 Å². The van der Waals surface area contributed by atoms with E-state index in [1.165, 1.54) is 0 Å². The zero-order valence-corrected chi connectivity index (χ0v) is 20.9. The highest BCUT2D eigenvalue weighted by molar-refractivity contribution is 7.71. The number of methoxy groups -OCH3 is 1. The Balaban J connectivity index is 1.15. The molecule has 5 rings (SSSR count). The van der Waals surface area contributed by atoms with Crippen molar-refractivity contribution in [3.8, 4) is 5.75 Å². The molecular formula is C27H32N4O3S. The van der Waals surface area contributed by atoms with Crippen molar-refractivity contribution >= 4 is 34.7 Å². The fourth-order valence-corrected chi connectivity index (χ4v) is 5.73. The first-order chi connectivity index (χ1) is 17.0. The second-order valence-corrected chi connectivity index (χ2v) is 10.0. The van der Waals surface area contributed by atoms with Gasteiger partial charge in [-0.05, 0) is 68.1 Å². The van der Waals surface area contributed by atoms with Gasteiger partial charge in [0.05, 0.1) is 18.0 Å². The number of aromatic amines is 1. The number of ether oxygens (including phenoxy) is 1. The van der Waals surface area contributed by atoms with E-state index in [4.69, 9.17) is 17.0 Å². The first kappa shape index (κ1) is 23.6. The first-order valence-corrected chi connectivity index (χ1v) is 12.8. The van der Waals surface area contributed by atoms with E-state index >= 15 is 0 Å². The van der Waals surface area contributed by atoms with Crippen LogP contribution in [0, 0.1) is 16.6 Å². The summed E-state index contributed by atoms with van der Waals surface area (Å²) in [4.78, 5) is 33.7. The lowest BCUT2D eigenvalue weighted by atomic mass is 9.81. The van der Waals surface area contributed by atoms with E-state index in [1.54, 1.807) is 11.7 Å². The molecule has 1 aliphatic heterocycles. The van der Waals surface area contributed by atoms with E-state index in [9.17, 15) is 9.59 Å². The van der Waals surface area contributed by atoms with Crippen molar-refractivity contribution in [2.75, 3.05) is 38.2 Å². The molecule has 1 N–H and O–H groups in total. The summed E-state index contributed by atoms with van der Waals surface area (Å²) in [5, 5.41) is 0.665. The molecular weight excluding hydrogens is 460 g/mol.